The number of pyridine rings is 1. The van der Waals surface area contributed by atoms with Gasteiger partial charge in [-0.1, -0.05) is 35.7 Å². The summed E-state index contributed by atoms with van der Waals surface area (Å²) >= 11 is 3.48. The van der Waals surface area contributed by atoms with Crippen molar-refractivity contribution in [1.82, 2.24) is 10.3 Å². The van der Waals surface area contributed by atoms with E-state index in [0.29, 0.717) is 17.9 Å². The average molecular weight is 376 g/mol. The van der Waals surface area contributed by atoms with Gasteiger partial charge in [0.1, 0.15) is 5.82 Å². The Morgan fingerprint density at radius 1 is 1.22 bits per heavy atom. The molecule has 0 unspecified atom stereocenters. The van der Waals surface area contributed by atoms with E-state index in [0.717, 1.165) is 35.0 Å². The summed E-state index contributed by atoms with van der Waals surface area (Å²) in [6.07, 6.45) is 4.89. The van der Waals surface area contributed by atoms with Crippen LogP contribution in [0.3, 0.4) is 0 Å². The molecule has 0 saturated heterocycles. The molecule has 0 radical (unpaired) electrons. The normalized spacial score (nSPS) is 10.4. The lowest BCUT2D eigenvalue weighted by atomic mass is 10.2. The summed E-state index contributed by atoms with van der Waals surface area (Å²) in [6, 6.07) is 9.62. The predicted octanol–water partition coefficient (Wildman–Crippen LogP) is 4.82. The van der Waals surface area contributed by atoms with Crippen molar-refractivity contribution in [1.29, 1.82) is 0 Å². The lowest BCUT2D eigenvalue weighted by molar-refractivity contribution is 0.0952. The van der Waals surface area contributed by atoms with Crippen molar-refractivity contribution in [3.05, 3.63) is 52.1 Å². The van der Waals surface area contributed by atoms with E-state index >= 15 is 0 Å². The van der Waals surface area contributed by atoms with E-state index in [1.54, 1.807) is 12.3 Å². The van der Waals surface area contributed by atoms with Crippen LogP contribution in [0.4, 0.5) is 11.5 Å². The molecule has 2 rings (SSSR count). The number of rotatable bonds is 7. The minimum absolute atomic E-state index is 0.0698. The summed E-state index contributed by atoms with van der Waals surface area (Å²) < 4.78 is 1.08. The molecule has 2 aromatic rings. The number of halogens is 1. The maximum Gasteiger partial charge on any atom is 0.252 e. The van der Waals surface area contributed by atoms with Gasteiger partial charge in [-0.15, -0.1) is 0 Å². The number of amides is 1. The average Bonchev–Trinajstić information content (AvgIpc) is 2.55. The zero-order valence-corrected chi connectivity index (χ0v) is 15.1. The molecule has 0 bridgehead atoms. The van der Waals surface area contributed by atoms with Crippen molar-refractivity contribution < 1.29 is 4.79 Å². The minimum atomic E-state index is -0.0698. The van der Waals surface area contributed by atoms with E-state index in [2.05, 4.69) is 38.5 Å². The van der Waals surface area contributed by atoms with Crippen molar-refractivity contribution in [3.63, 3.8) is 0 Å². The maximum atomic E-state index is 12.0. The Balaban J connectivity index is 1.93. The van der Waals surface area contributed by atoms with Gasteiger partial charge in [-0.3, -0.25) is 4.79 Å². The van der Waals surface area contributed by atoms with Crippen LogP contribution in [0.15, 0.2) is 41.0 Å². The van der Waals surface area contributed by atoms with Crippen LogP contribution in [-0.4, -0.2) is 17.4 Å². The van der Waals surface area contributed by atoms with Gasteiger partial charge in [-0.2, -0.15) is 0 Å². The molecule has 1 amide bonds. The van der Waals surface area contributed by atoms with E-state index in [1.807, 2.05) is 31.2 Å². The molecule has 2 N–H and O–H groups in total. The van der Waals surface area contributed by atoms with Gasteiger partial charge in [0.05, 0.1) is 5.56 Å². The molecule has 0 saturated carbocycles. The molecule has 0 aliphatic heterocycles. The molecule has 122 valence electrons. The molecule has 1 aromatic carbocycles. The Morgan fingerprint density at radius 3 is 2.70 bits per heavy atom. The van der Waals surface area contributed by atoms with Gasteiger partial charge in [-0.25, -0.2) is 4.98 Å². The minimum Gasteiger partial charge on any atom is -0.352 e. The summed E-state index contributed by atoms with van der Waals surface area (Å²) in [5.41, 5.74) is 2.70. The van der Waals surface area contributed by atoms with Crippen molar-refractivity contribution in [2.75, 3.05) is 11.9 Å². The third kappa shape index (κ3) is 5.36. The quantitative estimate of drug-likeness (QED) is 0.682. The van der Waals surface area contributed by atoms with Gasteiger partial charge < -0.3 is 10.6 Å². The standard InChI is InChI=1S/C18H22BrN3O/c1-3-4-5-10-20-18(23)14-6-9-17(21-12-14)22-15-7-8-16(19)13(2)11-15/h6-9,11-12H,3-5,10H2,1-2H3,(H,20,23)(H,21,22). The van der Waals surface area contributed by atoms with Crippen LogP contribution in [0.25, 0.3) is 0 Å². The van der Waals surface area contributed by atoms with E-state index in [9.17, 15) is 4.79 Å². The van der Waals surface area contributed by atoms with Crippen LogP contribution >= 0.6 is 15.9 Å². The number of benzene rings is 1. The summed E-state index contributed by atoms with van der Waals surface area (Å²) in [6.45, 7) is 4.89. The first kappa shape index (κ1) is 17.5. The SMILES string of the molecule is CCCCCNC(=O)c1ccc(Nc2ccc(Br)c(C)c2)nc1. The van der Waals surface area contributed by atoms with Crippen molar-refractivity contribution in [3.8, 4) is 0 Å². The van der Waals surface area contributed by atoms with E-state index in [4.69, 9.17) is 0 Å². The second-order valence-electron chi connectivity index (χ2n) is 5.48. The van der Waals surface area contributed by atoms with Crippen LogP contribution in [-0.2, 0) is 0 Å². The number of unbranched alkanes of at least 4 members (excludes halogenated alkanes) is 2. The number of nitrogens with zero attached hydrogens (tertiary/aromatic N) is 1. The van der Waals surface area contributed by atoms with E-state index < -0.39 is 0 Å². The van der Waals surface area contributed by atoms with Crippen molar-refractivity contribution >= 4 is 33.3 Å². The van der Waals surface area contributed by atoms with Crippen LogP contribution in [0.5, 0.6) is 0 Å². The molecular weight excluding hydrogens is 354 g/mol. The summed E-state index contributed by atoms with van der Waals surface area (Å²) in [7, 11) is 0. The number of anilines is 2. The molecule has 0 aliphatic rings. The van der Waals surface area contributed by atoms with Gasteiger partial charge >= 0.3 is 0 Å². The maximum absolute atomic E-state index is 12.0. The Morgan fingerprint density at radius 2 is 2.04 bits per heavy atom. The zero-order chi connectivity index (χ0) is 16.7. The van der Waals surface area contributed by atoms with Gasteiger partial charge in [0, 0.05) is 22.9 Å². The molecule has 0 spiro atoms. The number of hydrogen-bond donors (Lipinski definition) is 2. The molecule has 4 nitrogen and oxygen atoms in total. The number of carbonyl (C=O) groups excluding carboxylic acids is 1. The lowest BCUT2D eigenvalue weighted by Crippen LogP contribution is -2.24. The first-order valence-corrected chi connectivity index (χ1v) is 8.67. The van der Waals surface area contributed by atoms with Crippen molar-refractivity contribution in [2.24, 2.45) is 0 Å². The summed E-state index contributed by atoms with van der Waals surface area (Å²) in [5.74, 6) is 0.647. The predicted molar refractivity (Wildman–Crippen MR) is 98.3 cm³/mol. The van der Waals surface area contributed by atoms with Crippen molar-refractivity contribution in [2.45, 2.75) is 33.1 Å². The van der Waals surface area contributed by atoms with Gasteiger partial charge in [-0.05, 0) is 49.2 Å². The first-order valence-electron chi connectivity index (χ1n) is 7.87. The number of hydrogen-bond acceptors (Lipinski definition) is 3. The third-order valence-corrected chi connectivity index (χ3v) is 4.41. The smallest absolute Gasteiger partial charge is 0.252 e. The fraction of sp³-hybridized carbons (Fsp3) is 0.333. The Labute approximate surface area is 145 Å². The van der Waals surface area contributed by atoms with Crippen LogP contribution in [0, 0.1) is 6.92 Å². The third-order valence-electron chi connectivity index (χ3n) is 3.52. The van der Waals surface area contributed by atoms with Gasteiger partial charge in [0.15, 0.2) is 0 Å². The first-order chi connectivity index (χ1) is 11.1. The fourth-order valence-electron chi connectivity index (χ4n) is 2.15. The Hall–Kier alpha value is -1.88. The van der Waals surface area contributed by atoms with Crippen LogP contribution in [0.2, 0.25) is 0 Å². The van der Waals surface area contributed by atoms with Crippen LogP contribution < -0.4 is 10.6 Å². The number of carbonyl (C=O) groups is 1. The molecule has 0 aliphatic carbocycles. The van der Waals surface area contributed by atoms with E-state index in [-0.39, 0.29) is 5.91 Å². The van der Waals surface area contributed by atoms with Crippen LogP contribution in [0.1, 0.15) is 42.1 Å². The second kappa shape index (κ2) is 8.67. The Kier molecular flexibility index (Phi) is 6.59. The number of aromatic nitrogens is 1. The molecule has 0 atom stereocenters. The highest BCUT2D eigenvalue weighted by molar-refractivity contribution is 9.10. The highest BCUT2D eigenvalue weighted by Crippen LogP contribution is 2.22. The molecule has 1 heterocycles. The van der Waals surface area contributed by atoms with E-state index in [1.165, 1.54) is 0 Å². The fourth-order valence-corrected chi connectivity index (χ4v) is 2.40. The van der Waals surface area contributed by atoms with Gasteiger partial charge in [0.2, 0.25) is 0 Å². The topological polar surface area (TPSA) is 54.0 Å². The zero-order valence-electron chi connectivity index (χ0n) is 13.5. The highest BCUT2D eigenvalue weighted by atomic mass is 79.9. The van der Waals surface area contributed by atoms with Gasteiger partial charge in [0.25, 0.3) is 5.91 Å². The number of nitrogens with one attached hydrogen (secondary N) is 2. The summed E-state index contributed by atoms with van der Waals surface area (Å²) in [5, 5.41) is 6.15. The molecule has 0 fully saturated rings. The monoisotopic (exact) mass is 375 g/mol. The number of aryl methyl sites for hydroxylation is 1. The summed E-state index contributed by atoms with van der Waals surface area (Å²) in [4.78, 5) is 16.3. The molecule has 1 aromatic heterocycles. The Bertz CT molecular complexity index is 656. The molecular formula is C18H22BrN3O. The molecule has 5 heteroatoms. The second-order valence-corrected chi connectivity index (χ2v) is 6.34. The lowest BCUT2D eigenvalue weighted by Gasteiger charge is -2.08. The highest BCUT2D eigenvalue weighted by Gasteiger charge is 2.06. The largest absolute Gasteiger partial charge is 0.352 e. The molecule has 23 heavy (non-hydrogen) atoms.